The highest BCUT2D eigenvalue weighted by molar-refractivity contribution is 5.76. The third-order valence-corrected chi connectivity index (χ3v) is 8.81. The number of hydrogen-bond acceptors (Lipinski definition) is 5. The second-order valence-corrected chi connectivity index (χ2v) is 11.4. The van der Waals surface area contributed by atoms with Gasteiger partial charge in [-0.15, -0.1) is 6.58 Å². The van der Waals surface area contributed by atoms with E-state index in [4.69, 9.17) is 4.74 Å². The van der Waals surface area contributed by atoms with Crippen molar-refractivity contribution >= 4 is 11.9 Å². The van der Waals surface area contributed by atoms with Crippen LogP contribution in [0.25, 0.3) is 0 Å². The average Bonchev–Trinajstić information content (AvgIpc) is 2.93. The molecule has 1 aliphatic heterocycles. The fourth-order valence-corrected chi connectivity index (χ4v) is 6.74. The van der Waals surface area contributed by atoms with Crippen LogP contribution < -0.4 is 4.74 Å². The molecular formula is C33H44N2O4. The number of ether oxygens (including phenoxy) is 1. The number of fused-ring (bicyclic) bond motifs is 1. The summed E-state index contributed by atoms with van der Waals surface area (Å²) < 4.78 is 5.42. The van der Waals surface area contributed by atoms with Gasteiger partial charge in [0.05, 0.1) is 6.10 Å². The summed E-state index contributed by atoms with van der Waals surface area (Å²) in [5.41, 5.74) is 2.12. The smallest absolute Gasteiger partial charge is 0.308 e. The van der Waals surface area contributed by atoms with Crippen molar-refractivity contribution < 1.29 is 19.4 Å². The lowest BCUT2D eigenvalue weighted by Crippen LogP contribution is -2.61. The molecule has 2 aromatic carbocycles. The molecule has 6 nitrogen and oxygen atoms in total. The number of unbranched alkanes of at least 4 members (excludes halogenated alkanes) is 2. The van der Waals surface area contributed by atoms with Gasteiger partial charge in [0.2, 0.25) is 5.91 Å². The molecule has 2 aromatic rings. The predicted octanol–water partition coefficient (Wildman–Crippen LogP) is 5.14. The second kappa shape index (κ2) is 13.4. The summed E-state index contributed by atoms with van der Waals surface area (Å²) in [7, 11) is 1.90. The number of aryl methyl sites for hydroxylation is 1. The number of esters is 1. The van der Waals surface area contributed by atoms with Crippen LogP contribution in [0.2, 0.25) is 0 Å². The van der Waals surface area contributed by atoms with E-state index in [0.29, 0.717) is 18.6 Å². The predicted molar refractivity (Wildman–Crippen MR) is 155 cm³/mol. The van der Waals surface area contributed by atoms with Gasteiger partial charge in [0, 0.05) is 50.9 Å². The van der Waals surface area contributed by atoms with Gasteiger partial charge >= 0.3 is 5.97 Å². The number of carbonyl (C=O) groups is 2. The Balaban J connectivity index is 1.45. The van der Waals surface area contributed by atoms with Gasteiger partial charge in [-0.3, -0.25) is 14.5 Å². The molecule has 0 aromatic heterocycles. The van der Waals surface area contributed by atoms with E-state index in [0.717, 1.165) is 63.7 Å². The molecule has 1 amide bonds. The highest BCUT2D eigenvalue weighted by Crippen LogP contribution is 2.50. The Morgan fingerprint density at radius 2 is 1.95 bits per heavy atom. The van der Waals surface area contributed by atoms with Gasteiger partial charge in [-0.05, 0) is 68.3 Å². The normalized spacial score (nSPS) is 24.9. The number of benzene rings is 2. The van der Waals surface area contributed by atoms with E-state index < -0.39 is 6.10 Å². The third kappa shape index (κ3) is 7.17. The topological polar surface area (TPSA) is 70.1 Å². The van der Waals surface area contributed by atoms with Crippen molar-refractivity contribution in [2.75, 3.05) is 26.7 Å². The Hall–Kier alpha value is -2.96. The molecule has 1 unspecified atom stereocenters. The van der Waals surface area contributed by atoms with Crippen molar-refractivity contribution in [3.05, 3.63) is 78.4 Å². The number of aliphatic hydroxyl groups excluding tert-OH is 1. The summed E-state index contributed by atoms with van der Waals surface area (Å²) in [6.45, 7) is 7.76. The highest BCUT2D eigenvalue weighted by Gasteiger charge is 2.52. The maximum absolute atomic E-state index is 13.3. The lowest BCUT2D eigenvalue weighted by molar-refractivity contribution is -0.136. The molecule has 0 spiro atoms. The minimum Gasteiger partial charge on any atom is -0.427 e. The van der Waals surface area contributed by atoms with Crippen LogP contribution in [-0.2, 0) is 21.4 Å². The summed E-state index contributed by atoms with van der Waals surface area (Å²) in [6.07, 6.45) is 8.16. The summed E-state index contributed by atoms with van der Waals surface area (Å²) in [4.78, 5) is 29.1. The van der Waals surface area contributed by atoms with Gasteiger partial charge in [-0.25, -0.2) is 0 Å². The molecule has 210 valence electrons. The first kappa shape index (κ1) is 29.0. The van der Waals surface area contributed by atoms with Crippen LogP contribution in [0.5, 0.6) is 5.75 Å². The van der Waals surface area contributed by atoms with Gasteiger partial charge < -0.3 is 14.7 Å². The minimum atomic E-state index is -0.533. The van der Waals surface area contributed by atoms with Crippen molar-refractivity contribution in [2.45, 2.75) is 75.9 Å². The monoisotopic (exact) mass is 532 g/mol. The number of likely N-dealkylation sites (tertiary alicyclic amines) is 1. The molecule has 6 heteroatoms. The number of aliphatic hydroxyl groups is 1. The first-order valence-electron chi connectivity index (χ1n) is 14.4. The highest BCUT2D eigenvalue weighted by atomic mass is 16.5. The van der Waals surface area contributed by atoms with Crippen molar-refractivity contribution in [3.63, 3.8) is 0 Å². The summed E-state index contributed by atoms with van der Waals surface area (Å²) in [5.74, 6) is 0.352. The zero-order valence-corrected chi connectivity index (χ0v) is 23.6. The number of hydrogen-bond donors (Lipinski definition) is 1. The van der Waals surface area contributed by atoms with Crippen LogP contribution in [0, 0.1) is 5.92 Å². The average molecular weight is 533 g/mol. The summed E-state index contributed by atoms with van der Waals surface area (Å²) in [5, 5.41) is 11.5. The van der Waals surface area contributed by atoms with E-state index in [2.05, 4.69) is 41.8 Å². The Bertz CT molecular complexity index is 1120. The van der Waals surface area contributed by atoms with E-state index in [1.54, 1.807) is 6.07 Å². The zero-order chi connectivity index (χ0) is 27.8. The Morgan fingerprint density at radius 3 is 2.69 bits per heavy atom. The maximum atomic E-state index is 13.3. The molecule has 1 aliphatic carbocycles. The van der Waals surface area contributed by atoms with Crippen molar-refractivity contribution in [1.29, 1.82) is 0 Å². The summed E-state index contributed by atoms with van der Waals surface area (Å²) in [6, 6.07) is 18.2. The Morgan fingerprint density at radius 1 is 1.15 bits per heavy atom. The fraction of sp³-hybridized carbons (Fsp3) is 0.515. The third-order valence-electron chi connectivity index (χ3n) is 8.81. The maximum Gasteiger partial charge on any atom is 0.308 e. The lowest BCUT2D eigenvalue weighted by atomic mass is 9.56. The number of amides is 1. The fourth-order valence-electron chi connectivity index (χ4n) is 6.74. The van der Waals surface area contributed by atoms with Crippen LogP contribution in [0.4, 0.5) is 0 Å². The van der Waals surface area contributed by atoms with Gasteiger partial charge in [0.15, 0.2) is 0 Å². The molecule has 1 N–H and O–H groups in total. The molecule has 0 radical (unpaired) electrons. The van der Waals surface area contributed by atoms with Crippen LogP contribution in [0.3, 0.4) is 0 Å². The molecular weight excluding hydrogens is 488 g/mol. The number of carbonyl (C=O) groups excluding carboxylic acids is 2. The SMILES string of the molecule is C=CCN1CC[C@@]2(c3cccc(OC(C)=O)c3)C[C@@H](N(C)C(=O)CCCCCc3ccccc3)CC(O)[C@@H]2C1. The largest absolute Gasteiger partial charge is 0.427 e. The van der Waals surface area contributed by atoms with Crippen molar-refractivity contribution in [1.82, 2.24) is 9.80 Å². The number of rotatable bonds is 11. The molecule has 1 saturated carbocycles. The Kier molecular flexibility index (Phi) is 9.98. The number of nitrogens with zero attached hydrogens (tertiary/aromatic N) is 2. The first-order valence-corrected chi connectivity index (χ1v) is 14.4. The Labute approximate surface area is 233 Å². The van der Waals surface area contributed by atoms with E-state index in [1.165, 1.54) is 12.5 Å². The van der Waals surface area contributed by atoms with Crippen molar-refractivity contribution in [2.24, 2.45) is 5.92 Å². The zero-order valence-electron chi connectivity index (χ0n) is 23.6. The molecule has 2 aliphatic rings. The van der Waals surface area contributed by atoms with Gasteiger partial charge in [-0.1, -0.05) is 55.0 Å². The number of piperidine rings is 1. The summed E-state index contributed by atoms with van der Waals surface area (Å²) >= 11 is 0. The molecule has 1 saturated heterocycles. The van der Waals surface area contributed by atoms with E-state index in [-0.39, 0.29) is 29.3 Å². The standard InChI is InChI=1S/C33H44N2O4/c1-4-19-35-20-18-33(27-15-11-16-29(21-27)39-25(2)36)23-28(22-31(37)30(33)24-35)34(3)32(38)17-10-6-9-14-26-12-7-5-8-13-26/h4-5,7-8,11-13,15-16,21,28,30-31,37H,1,6,9-10,14,17-20,22-24H2,2-3H3/t28-,30-,31?,33-/m0/s1. The lowest BCUT2D eigenvalue weighted by Gasteiger charge is -2.56. The van der Waals surface area contributed by atoms with Crippen molar-refractivity contribution in [3.8, 4) is 5.75 Å². The molecule has 4 rings (SSSR count). The molecule has 4 atom stereocenters. The molecule has 2 fully saturated rings. The van der Waals surface area contributed by atoms with Crippen LogP contribution >= 0.6 is 0 Å². The van der Waals surface area contributed by atoms with E-state index >= 15 is 0 Å². The second-order valence-electron chi connectivity index (χ2n) is 11.4. The van der Waals surface area contributed by atoms with E-state index in [9.17, 15) is 14.7 Å². The van der Waals surface area contributed by atoms with Gasteiger partial charge in [0.25, 0.3) is 0 Å². The minimum absolute atomic E-state index is 0.0246. The van der Waals surface area contributed by atoms with Gasteiger partial charge in [0.1, 0.15) is 5.75 Å². The molecule has 0 bridgehead atoms. The van der Waals surface area contributed by atoms with E-state index in [1.807, 2.05) is 36.2 Å². The quantitative estimate of drug-likeness (QED) is 0.188. The molecule has 1 heterocycles. The van der Waals surface area contributed by atoms with Crippen LogP contribution in [-0.4, -0.2) is 65.6 Å². The van der Waals surface area contributed by atoms with Crippen LogP contribution in [0.15, 0.2) is 67.3 Å². The van der Waals surface area contributed by atoms with Gasteiger partial charge in [-0.2, -0.15) is 0 Å². The first-order chi connectivity index (χ1) is 18.8. The van der Waals surface area contributed by atoms with Crippen LogP contribution in [0.1, 0.15) is 63.0 Å². The molecule has 39 heavy (non-hydrogen) atoms.